The highest BCUT2D eigenvalue weighted by molar-refractivity contribution is 5.97. The molecule has 1 saturated heterocycles. The Morgan fingerprint density at radius 1 is 0.935 bits per heavy atom. The molecule has 1 aromatic heterocycles. The normalized spacial score (nSPS) is 17.9. The second-order valence-electron chi connectivity index (χ2n) is 7.63. The first-order valence-electron chi connectivity index (χ1n) is 9.92. The molecule has 1 fully saturated rings. The van der Waals surface area contributed by atoms with E-state index in [9.17, 15) is 19.5 Å². The van der Waals surface area contributed by atoms with Crippen molar-refractivity contribution in [2.75, 3.05) is 14.1 Å². The molecule has 2 aromatic carbocycles. The van der Waals surface area contributed by atoms with Gasteiger partial charge in [-0.3, -0.25) is 14.4 Å². The molecule has 0 aliphatic carbocycles. The molecule has 4 rings (SSSR count). The van der Waals surface area contributed by atoms with E-state index >= 15 is 0 Å². The fraction of sp³-hybridized carbons (Fsp3) is 0.261. The van der Waals surface area contributed by atoms with E-state index in [1.165, 1.54) is 4.90 Å². The summed E-state index contributed by atoms with van der Waals surface area (Å²) in [5.74, 6) is -0.203. The molecule has 0 bridgehead atoms. The zero-order chi connectivity index (χ0) is 22.4. The van der Waals surface area contributed by atoms with Gasteiger partial charge in [0.25, 0.3) is 0 Å². The van der Waals surface area contributed by atoms with Crippen LogP contribution in [0.5, 0.6) is 5.75 Å². The number of nitrogens with one attached hydrogen (secondary N) is 3. The third kappa shape index (κ3) is 5.63. The Balaban J connectivity index is 0.000000491. The summed E-state index contributed by atoms with van der Waals surface area (Å²) < 4.78 is 0. The summed E-state index contributed by atoms with van der Waals surface area (Å²) in [5, 5.41) is 16.0. The Morgan fingerprint density at radius 3 is 2.13 bits per heavy atom. The average Bonchev–Trinajstić information content (AvgIpc) is 3.16. The van der Waals surface area contributed by atoms with E-state index < -0.39 is 12.1 Å². The number of aromatic amines is 1. The summed E-state index contributed by atoms with van der Waals surface area (Å²) >= 11 is 0. The van der Waals surface area contributed by atoms with Crippen LogP contribution >= 0.6 is 0 Å². The maximum Gasteiger partial charge on any atom is 0.243 e. The lowest BCUT2D eigenvalue weighted by molar-refractivity contribution is -0.136. The van der Waals surface area contributed by atoms with E-state index in [-0.39, 0.29) is 17.6 Å². The molecule has 1 aliphatic heterocycles. The van der Waals surface area contributed by atoms with Gasteiger partial charge in [0.05, 0.1) is 0 Å². The molecule has 2 atom stereocenters. The van der Waals surface area contributed by atoms with Crippen LogP contribution in [0.4, 0.5) is 0 Å². The third-order valence-corrected chi connectivity index (χ3v) is 4.95. The Kier molecular flexibility index (Phi) is 6.92. The molecular formula is C23H26N4O4. The number of H-pyrrole nitrogens is 1. The first-order chi connectivity index (χ1) is 14.9. The van der Waals surface area contributed by atoms with Gasteiger partial charge in [0.15, 0.2) is 0 Å². The van der Waals surface area contributed by atoms with Gasteiger partial charge in [-0.25, -0.2) is 0 Å². The molecule has 0 unspecified atom stereocenters. The van der Waals surface area contributed by atoms with Crippen LogP contribution in [-0.2, 0) is 27.2 Å². The minimum absolute atomic E-state index is 0.171. The minimum Gasteiger partial charge on any atom is -0.508 e. The predicted molar refractivity (Wildman–Crippen MR) is 117 cm³/mol. The van der Waals surface area contributed by atoms with Crippen molar-refractivity contribution < 1.29 is 19.5 Å². The van der Waals surface area contributed by atoms with Gasteiger partial charge in [-0.1, -0.05) is 30.3 Å². The van der Waals surface area contributed by atoms with Crippen LogP contribution in [0.15, 0.2) is 54.7 Å². The Labute approximate surface area is 180 Å². The molecule has 4 N–H and O–H groups in total. The minimum atomic E-state index is -0.605. The van der Waals surface area contributed by atoms with Crippen molar-refractivity contribution in [2.24, 2.45) is 0 Å². The number of carbonyl (C=O) groups excluding carboxylic acids is 3. The summed E-state index contributed by atoms with van der Waals surface area (Å²) in [5.41, 5.74) is 2.88. The SMILES string of the molecule is CN(C)C=O.O=C1N[C@@H](Cc2c[nH]c3ccccc23)C(=O)N[C@H]1Cc1ccc(O)cc1. The molecule has 0 spiro atoms. The van der Waals surface area contributed by atoms with E-state index in [1.807, 2.05) is 30.5 Å². The van der Waals surface area contributed by atoms with Crippen molar-refractivity contribution in [2.45, 2.75) is 24.9 Å². The summed E-state index contributed by atoms with van der Waals surface area (Å²) in [7, 11) is 3.38. The number of fused-ring (bicyclic) bond motifs is 1. The van der Waals surface area contributed by atoms with Crippen LogP contribution in [0.25, 0.3) is 10.9 Å². The highest BCUT2D eigenvalue weighted by Gasteiger charge is 2.33. The van der Waals surface area contributed by atoms with Crippen LogP contribution in [0.3, 0.4) is 0 Å². The molecular weight excluding hydrogens is 396 g/mol. The van der Waals surface area contributed by atoms with E-state index in [0.29, 0.717) is 12.8 Å². The number of amides is 3. The quantitative estimate of drug-likeness (QED) is 0.465. The van der Waals surface area contributed by atoms with Crippen molar-refractivity contribution in [1.82, 2.24) is 20.5 Å². The molecule has 0 saturated carbocycles. The van der Waals surface area contributed by atoms with Gasteiger partial charge in [-0.05, 0) is 29.3 Å². The van der Waals surface area contributed by atoms with Crippen molar-refractivity contribution in [3.05, 3.63) is 65.9 Å². The van der Waals surface area contributed by atoms with Gasteiger partial charge >= 0.3 is 0 Å². The zero-order valence-electron chi connectivity index (χ0n) is 17.5. The number of hydrogen-bond acceptors (Lipinski definition) is 4. The Bertz CT molecular complexity index is 1060. The first kappa shape index (κ1) is 21.9. The zero-order valence-corrected chi connectivity index (χ0v) is 17.5. The van der Waals surface area contributed by atoms with E-state index in [2.05, 4.69) is 15.6 Å². The number of aromatic nitrogens is 1. The van der Waals surface area contributed by atoms with Gasteiger partial charge in [-0.15, -0.1) is 0 Å². The fourth-order valence-corrected chi connectivity index (χ4v) is 3.35. The van der Waals surface area contributed by atoms with Gasteiger partial charge in [0, 0.05) is 44.0 Å². The molecule has 31 heavy (non-hydrogen) atoms. The van der Waals surface area contributed by atoms with E-state index in [0.717, 1.165) is 28.4 Å². The molecule has 162 valence electrons. The van der Waals surface area contributed by atoms with Crippen molar-refractivity contribution >= 4 is 29.1 Å². The van der Waals surface area contributed by atoms with Gasteiger partial charge in [0.2, 0.25) is 18.2 Å². The van der Waals surface area contributed by atoms with Crippen molar-refractivity contribution in [1.29, 1.82) is 0 Å². The molecule has 8 heteroatoms. The maximum absolute atomic E-state index is 12.5. The number of phenols is 1. The van der Waals surface area contributed by atoms with Crippen LogP contribution in [0.1, 0.15) is 11.1 Å². The smallest absolute Gasteiger partial charge is 0.243 e. The summed E-state index contributed by atoms with van der Waals surface area (Å²) in [6.45, 7) is 0. The number of rotatable bonds is 5. The molecule has 3 aromatic rings. The fourth-order valence-electron chi connectivity index (χ4n) is 3.35. The number of para-hydroxylation sites is 1. The highest BCUT2D eigenvalue weighted by Crippen LogP contribution is 2.20. The Hall–Kier alpha value is -3.81. The summed E-state index contributed by atoms with van der Waals surface area (Å²) in [6.07, 6.45) is 3.46. The largest absolute Gasteiger partial charge is 0.508 e. The van der Waals surface area contributed by atoms with E-state index in [1.54, 1.807) is 38.4 Å². The lowest BCUT2D eigenvalue weighted by Gasteiger charge is -2.29. The van der Waals surface area contributed by atoms with Crippen molar-refractivity contribution in [3.8, 4) is 5.75 Å². The van der Waals surface area contributed by atoms with Crippen LogP contribution in [0.2, 0.25) is 0 Å². The molecule has 1 aliphatic rings. The topological polar surface area (TPSA) is 115 Å². The molecule has 3 amide bonds. The lowest BCUT2D eigenvalue weighted by atomic mass is 9.98. The van der Waals surface area contributed by atoms with Gasteiger partial charge in [0.1, 0.15) is 17.8 Å². The first-order valence-corrected chi connectivity index (χ1v) is 9.92. The number of phenolic OH excluding ortho intramolecular Hbond substituents is 1. The van der Waals surface area contributed by atoms with Crippen LogP contribution in [0, 0.1) is 0 Å². The average molecular weight is 422 g/mol. The second kappa shape index (κ2) is 9.80. The van der Waals surface area contributed by atoms with Crippen LogP contribution < -0.4 is 10.6 Å². The summed E-state index contributed by atoms with van der Waals surface area (Å²) in [4.78, 5) is 39.0. The number of nitrogens with zero attached hydrogens (tertiary/aromatic N) is 1. The number of piperazine rings is 1. The summed E-state index contributed by atoms with van der Waals surface area (Å²) in [6, 6.07) is 13.3. The Morgan fingerprint density at radius 2 is 1.52 bits per heavy atom. The maximum atomic E-state index is 12.5. The van der Waals surface area contributed by atoms with Crippen molar-refractivity contribution in [3.63, 3.8) is 0 Å². The number of benzene rings is 2. The highest BCUT2D eigenvalue weighted by atomic mass is 16.3. The number of carbonyl (C=O) groups is 3. The van der Waals surface area contributed by atoms with E-state index in [4.69, 9.17) is 0 Å². The number of aromatic hydroxyl groups is 1. The number of hydrogen-bond donors (Lipinski definition) is 4. The molecule has 8 nitrogen and oxygen atoms in total. The standard InChI is InChI=1S/C20H19N3O3.C3H7NO/c24-14-7-5-12(6-8-14)9-17-19(25)23-18(20(26)22-17)10-13-11-21-16-4-2-1-3-15(13)16;1-4(2)3-5/h1-8,11,17-18,21,24H,9-10H2,(H,22,26)(H,23,25);3H,1-2H3/t17-,18-;/m0./s1. The van der Waals surface area contributed by atoms with Gasteiger partial charge < -0.3 is 25.6 Å². The monoisotopic (exact) mass is 422 g/mol. The second-order valence-corrected chi connectivity index (χ2v) is 7.63. The molecule has 0 radical (unpaired) electrons. The lowest BCUT2D eigenvalue weighted by Crippen LogP contribution is -2.62. The third-order valence-electron chi connectivity index (χ3n) is 4.95. The van der Waals surface area contributed by atoms with Gasteiger partial charge in [-0.2, -0.15) is 0 Å². The van der Waals surface area contributed by atoms with Crippen LogP contribution in [-0.4, -0.2) is 59.4 Å². The molecule has 2 heterocycles. The predicted octanol–water partition coefficient (Wildman–Crippen LogP) is 1.35.